The lowest BCUT2D eigenvalue weighted by Crippen LogP contribution is -2.52. The van der Waals surface area contributed by atoms with Crippen molar-refractivity contribution in [1.82, 2.24) is 20.4 Å². The number of hydrogen-bond donors (Lipinski definition) is 2. The molecule has 1 aromatic rings. The molecule has 27 heavy (non-hydrogen) atoms. The number of halogens is 1. The highest BCUT2D eigenvalue weighted by Crippen LogP contribution is 2.27. The molecule has 1 atom stereocenters. The number of benzene rings is 1. The van der Waals surface area contributed by atoms with E-state index in [4.69, 9.17) is 11.6 Å². The van der Waals surface area contributed by atoms with E-state index in [1.54, 1.807) is 11.0 Å². The summed E-state index contributed by atoms with van der Waals surface area (Å²) in [5.41, 5.74) is 0.0319. The van der Waals surface area contributed by atoms with E-state index >= 15 is 0 Å². The molecule has 3 rings (SSSR count). The number of amides is 4. The molecular weight excluding hydrogens is 368 g/mol. The minimum Gasteiger partial charge on any atom is -0.332 e. The molecule has 0 aliphatic carbocycles. The highest BCUT2D eigenvalue weighted by atomic mass is 35.5. The van der Waals surface area contributed by atoms with Crippen molar-refractivity contribution in [3.05, 3.63) is 34.9 Å². The fourth-order valence-electron chi connectivity index (χ4n) is 3.79. The number of piperazine rings is 1. The largest absolute Gasteiger partial charge is 0.332 e. The molecule has 0 saturated carbocycles. The molecule has 0 bridgehead atoms. The van der Waals surface area contributed by atoms with Crippen LogP contribution >= 0.6 is 11.6 Å². The average Bonchev–Trinajstić information content (AvgIpc) is 2.92. The molecule has 0 radical (unpaired) electrons. The van der Waals surface area contributed by atoms with E-state index in [1.165, 1.54) is 0 Å². The van der Waals surface area contributed by atoms with E-state index in [2.05, 4.69) is 10.6 Å². The molecule has 2 aliphatic rings. The number of carbonyl (C=O) groups is 3. The van der Waals surface area contributed by atoms with Crippen LogP contribution in [0, 0.1) is 0 Å². The van der Waals surface area contributed by atoms with Crippen LogP contribution in [0.5, 0.6) is 0 Å². The fourth-order valence-corrected chi connectivity index (χ4v) is 3.99. The van der Waals surface area contributed by atoms with E-state index in [9.17, 15) is 14.4 Å². The Balaban J connectivity index is 1.78. The summed E-state index contributed by atoms with van der Waals surface area (Å²) in [4.78, 5) is 40.8. The molecule has 146 valence electrons. The maximum atomic E-state index is 13.0. The summed E-state index contributed by atoms with van der Waals surface area (Å²) in [6, 6.07) is 6.72. The van der Waals surface area contributed by atoms with Crippen LogP contribution in [0.4, 0.5) is 4.79 Å². The predicted molar refractivity (Wildman–Crippen MR) is 102 cm³/mol. The Bertz CT molecular complexity index is 750. The van der Waals surface area contributed by atoms with E-state index in [0.29, 0.717) is 37.5 Å². The van der Waals surface area contributed by atoms with Gasteiger partial charge in [-0.15, -0.1) is 0 Å². The van der Waals surface area contributed by atoms with Crippen LogP contribution in [0.2, 0.25) is 5.02 Å². The fraction of sp³-hybridized carbons (Fsp3) is 0.526. The lowest BCUT2D eigenvalue weighted by Gasteiger charge is -2.37. The van der Waals surface area contributed by atoms with Gasteiger partial charge in [-0.3, -0.25) is 14.5 Å². The van der Waals surface area contributed by atoms with Crippen LogP contribution in [-0.4, -0.2) is 59.4 Å². The summed E-state index contributed by atoms with van der Waals surface area (Å²) in [6.07, 6.45) is 0.995. The van der Waals surface area contributed by atoms with Gasteiger partial charge in [-0.1, -0.05) is 37.6 Å². The van der Waals surface area contributed by atoms with E-state index < -0.39 is 11.6 Å². The zero-order chi connectivity index (χ0) is 19.6. The summed E-state index contributed by atoms with van der Waals surface area (Å²) in [5.74, 6) is -0.562. The van der Waals surface area contributed by atoms with Gasteiger partial charge in [0.1, 0.15) is 12.1 Å². The van der Waals surface area contributed by atoms with Crippen molar-refractivity contribution in [3.8, 4) is 0 Å². The molecule has 8 heteroatoms. The number of hydrogen-bond acceptors (Lipinski definition) is 4. The Morgan fingerprint density at radius 1 is 1.30 bits per heavy atom. The van der Waals surface area contributed by atoms with Crippen LogP contribution in [0.25, 0.3) is 0 Å². The van der Waals surface area contributed by atoms with E-state index in [-0.39, 0.29) is 24.4 Å². The molecule has 2 aliphatic heterocycles. The number of rotatable bonds is 5. The molecular formula is C19H25ClN4O3. The first kappa shape index (κ1) is 19.6. The number of urea groups is 1. The third-order valence-electron chi connectivity index (χ3n) is 5.54. The van der Waals surface area contributed by atoms with E-state index in [1.807, 2.05) is 32.0 Å². The number of nitrogens with zero attached hydrogens (tertiary/aromatic N) is 2. The molecule has 0 spiro atoms. The number of imide groups is 1. The monoisotopic (exact) mass is 392 g/mol. The molecule has 7 nitrogen and oxygen atoms in total. The summed E-state index contributed by atoms with van der Waals surface area (Å²) in [5, 5.41) is 6.65. The van der Waals surface area contributed by atoms with Crippen molar-refractivity contribution >= 4 is 29.4 Å². The first-order valence-electron chi connectivity index (χ1n) is 9.31. The summed E-state index contributed by atoms with van der Waals surface area (Å²) in [7, 11) is 0. The highest BCUT2D eigenvalue weighted by molar-refractivity contribution is 6.30. The summed E-state index contributed by atoms with van der Waals surface area (Å²) in [6.45, 7) is 5.24. The maximum Gasteiger partial charge on any atom is 0.325 e. The SMILES string of the molecule is CCC1(CC)NC(=O)N(CC(=O)N2CCNCC2c2cccc(Cl)c2)C1=O. The van der Waals surface area contributed by atoms with Gasteiger partial charge in [0, 0.05) is 24.7 Å². The minimum atomic E-state index is -0.896. The second-order valence-corrected chi connectivity index (χ2v) is 7.41. The van der Waals surface area contributed by atoms with Gasteiger partial charge in [0.2, 0.25) is 5.91 Å². The predicted octanol–water partition coefficient (Wildman–Crippen LogP) is 1.92. The minimum absolute atomic E-state index is 0.187. The Kier molecular flexibility index (Phi) is 5.72. The lowest BCUT2D eigenvalue weighted by atomic mass is 9.93. The molecule has 1 unspecified atom stereocenters. The van der Waals surface area contributed by atoms with Gasteiger partial charge in [-0.25, -0.2) is 4.79 Å². The molecule has 0 aromatic heterocycles. The van der Waals surface area contributed by atoms with Gasteiger partial charge in [0.25, 0.3) is 5.91 Å². The number of carbonyl (C=O) groups excluding carboxylic acids is 3. The Hall–Kier alpha value is -2.12. The third-order valence-corrected chi connectivity index (χ3v) is 5.78. The Morgan fingerprint density at radius 2 is 2.04 bits per heavy atom. The van der Waals surface area contributed by atoms with Crippen molar-refractivity contribution < 1.29 is 14.4 Å². The summed E-state index contributed by atoms with van der Waals surface area (Å²) < 4.78 is 0. The van der Waals surface area contributed by atoms with Gasteiger partial charge in [-0.05, 0) is 30.5 Å². The highest BCUT2D eigenvalue weighted by Gasteiger charge is 2.49. The standard InChI is InChI=1S/C19H25ClN4O3/c1-3-19(4-2)17(26)24(18(27)22-19)12-16(25)23-9-8-21-11-15(23)13-6-5-7-14(20)10-13/h5-7,10,15,21H,3-4,8-9,11-12H2,1-2H3,(H,22,27). The second kappa shape index (κ2) is 7.86. The van der Waals surface area contributed by atoms with Crippen LogP contribution in [0.3, 0.4) is 0 Å². The van der Waals surface area contributed by atoms with E-state index in [0.717, 1.165) is 10.5 Å². The quantitative estimate of drug-likeness (QED) is 0.750. The van der Waals surface area contributed by atoms with Crippen molar-refractivity contribution in [2.75, 3.05) is 26.2 Å². The first-order chi connectivity index (χ1) is 12.9. The molecule has 1 aromatic carbocycles. The second-order valence-electron chi connectivity index (χ2n) is 6.97. The molecule has 4 amide bonds. The summed E-state index contributed by atoms with van der Waals surface area (Å²) >= 11 is 6.10. The van der Waals surface area contributed by atoms with Crippen molar-refractivity contribution in [2.24, 2.45) is 0 Å². The van der Waals surface area contributed by atoms with Gasteiger partial charge in [-0.2, -0.15) is 0 Å². The van der Waals surface area contributed by atoms with Crippen molar-refractivity contribution in [3.63, 3.8) is 0 Å². The van der Waals surface area contributed by atoms with Gasteiger partial charge < -0.3 is 15.5 Å². The maximum absolute atomic E-state index is 13.0. The molecule has 2 N–H and O–H groups in total. The van der Waals surface area contributed by atoms with Gasteiger partial charge >= 0.3 is 6.03 Å². The smallest absolute Gasteiger partial charge is 0.325 e. The third kappa shape index (κ3) is 3.66. The zero-order valence-electron chi connectivity index (χ0n) is 15.6. The number of nitrogens with one attached hydrogen (secondary N) is 2. The van der Waals surface area contributed by atoms with Gasteiger partial charge in [0.15, 0.2) is 0 Å². The average molecular weight is 393 g/mol. The van der Waals surface area contributed by atoms with Crippen molar-refractivity contribution in [1.29, 1.82) is 0 Å². The zero-order valence-corrected chi connectivity index (χ0v) is 16.4. The normalized spacial score (nSPS) is 22.1. The molecule has 2 saturated heterocycles. The van der Waals surface area contributed by atoms with Crippen LogP contribution in [-0.2, 0) is 9.59 Å². The molecule has 2 fully saturated rings. The lowest BCUT2D eigenvalue weighted by molar-refractivity contribution is -0.141. The van der Waals surface area contributed by atoms with Crippen LogP contribution in [0.1, 0.15) is 38.3 Å². The first-order valence-corrected chi connectivity index (χ1v) is 9.69. The van der Waals surface area contributed by atoms with Crippen LogP contribution in [0.15, 0.2) is 24.3 Å². The Morgan fingerprint density at radius 3 is 2.67 bits per heavy atom. The van der Waals surface area contributed by atoms with Crippen molar-refractivity contribution in [2.45, 2.75) is 38.3 Å². The van der Waals surface area contributed by atoms with Crippen LogP contribution < -0.4 is 10.6 Å². The Labute approximate surface area is 164 Å². The topological polar surface area (TPSA) is 81.8 Å². The van der Waals surface area contributed by atoms with Gasteiger partial charge in [0.05, 0.1) is 6.04 Å². The molecule has 2 heterocycles.